The summed E-state index contributed by atoms with van der Waals surface area (Å²) in [4.78, 5) is 11.0. The van der Waals surface area contributed by atoms with Gasteiger partial charge in [-0.15, -0.1) is 0 Å². The summed E-state index contributed by atoms with van der Waals surface area (Å²) in [5.41, 5.74) is 2.07. The summed E-state index contributed by atoms with van der Waals surface area (Å²) in [5, 5.41) is 0. The fourth-order valence-corrected chi connectivity index (χ4v) is 1.43. The van der Waals surface area contributed by atoms with Crippen molar-refractivity contribution in [2.75, 3.05) is 18.5 Å². The van der Waals surface area contributed by atoms with Crippen LogP contribution in [0.2, 0.25) is 0 Å². The number of aromatic nitrogens is 2. The standard InChI is InChI=1S/C12H21N3/c1-9(2)6-7-15(5)12-13-10(3)8-11(4)14-12/h8-9H,6-7H2,1-5H3. The Bertz CT molecular complexity index is 300. The molecule has 3 heteroatoms. The molecule has 84 valence electrons. The van der Waals surface area contributed by atoms with E-state index in [-0.39, 0.29) is 0 Å². The van der Waals surface area contributed by atoms with Crippen molar-refractivity contribution in [3.8, 4) is 0 Å². The molecule has 0 aliphatic heterocycles. The van der Waals surface area contributed by atoms with E-state index in [1.54, 1.807) is 0 Å². The number of rotatable bonds is 4. The summed E-state index contributed by atoms with van der Waals surface area (Å²) in [7, 11) is 2.05. The summed E-state index contributed by atoms with van der Waals surface area (Å²) in [6, 6.07) is 2.00. The van der Waals surface area contributed by atoms with Crippen molar-refractivity contribution in [2.24, 2.45) is 5.92 Å². The van der Waals surface area contributed by atoms with Crippen LogP contribution in [0.3, 0.4) is 0 Å². The minimum absolute atomic E-state index is 0.721. The highest BCUT2D eigenvalue weighted by molar-refractivity contribution is 5.30. The van der Waals surface area contributed by atoms with Crippen LogP contribution in [0.25, 0.3) is 0 Å². The van der Waals surface area contributed by atoms with Crippen LogP contribution in [0, 0.1) is 19.8 Å². The summed E-state index contributed by atoms with van der Waals surface area (Å²) < 4.78 is 0. The van der Waals surface area contributed by atoms with Gasteiger partial charge in [0.05, 0.1) is 0 Å². The minimum atomic E-state index is 0.721. The van der Waals surface area contributed by atoms with Gasteiger partial charge in [-0.05, 0) is 32.3 Å². The van der Waals surface area contributed by atoms with Gasteiger partial charge in [0.15, 0.2) is 0 Å². The van der Waals surface area contributed by atoms with Crippen LogP contribution in [0.4, 0.5) is 5.95 Å². The summed E-state index contributed by atoms with van der Waals surface area (Å²) in [5.74, 6) is 1.56. The summed E-state index contributed by atoms with van der Waals surface area (Å²) in [6.45, 7) is 9.50. The van der Waals surface area contributed by atoms with Gasteiger partial charge in [0.25, 0.3) is 0 Å². The van der Waals surface area contributed by atoms with Gasteiger partial charge in [-0.1, -0.05) is 13.8 Å². The second-order valence-corrected chi connectivity index (χ2v) is 4.55. The molecular weight excluding hydrogens is 186 g/mol. The first-order valence-electron chi connectivity index (χ1n) is 5.52. The molecule has 1 aromatic heterocycles. The van der Waals surface area contributed by atoms with E-state index in [0.29, 0.717) is 0 Å². The average Bonchev–Trinajstić information content (AvgIpc) is 2.12. The zero-order valence-electron chi connectivity index (χ0n) is 10.4. The lowest BCUT2D eigenvalue weighted by Gasteiger charge is -2.18. The molecule has 0 unspecified atom stereocenters. The van der Waals surface area contributed by atoms with E-state index in [4.69, 9.17) is 0 Å². The molecule has 1 rings (SSSR count). The van der Waals surface area contributed by atoms with Crippen LogP contribution in [0.1, 0.15) is 31.7 Å². The normalized spacial score (nSPS) is 10.8. The number of hydrogen-bond donors (Lipinski definition) is 0. The molecular formula is C12H21N3. The van der Waals surface area contributed by atoms with Crippen LogP contribution in [0.5, 0.6) is 0 Å². The molecule has 0 bridgehead atoms. The Balaban J connectivity index is 2.68. The Kier molecular flexibility index (Phi) is 4.06. The quantitative estimate of drug-likeness (QED) is 0.760. The largest absolute Gasteiger partial charge is 0.344 e. The predicted molar refractivity (Wildman–Crippen MR) is 64.2 cm³/mol. The smallest absolute Gasteiger partial charge is 0.225 e. The maximum atomic E-state index is 4.43. The molecule has 0 spiro atoms. The average molecular weight is 207 g/mol. The predicted octanol–water partition coefficient (Wildman–Crippen LogP) is 2.58. The molecule has 1 heterocycles. The summed E-state index contributed by atoms with van der Waals surface area (Å²) in [6.07, 6.45) is 1.17. The van der Waals surface area contributed by atoms with Crippen LogP contribution < -0.4 is 4.90 Å². The number of aryl methyl sites for hydroxylation is 2. The van der Waals surface area contributed by atoms with E-state index in [1.165, 1.54) is 6.42 Å². The Morgan fingerprint density at radius 2 is 1.73 bits per heavy atom. The van der Waals surface area contributed by atoms with E-state index in [1.807, 2.05) is 19.9 Å². The van der Waals surface area contributed by atoms with Crippen molar-refractivity contribution in [3.05, 3.63) is 17.5 Å². The first-order chi connectivity index (χ1) is 6.99. The molecule has 0 aromatic carbocycles. The molecule has 0 N–H and O–H groups in total. The van der Waals surface area contributed by atoms with Crippen molar-refractivity contribution in [3.63, 3.8) is 0 Å². The first-order valence-corrected chi connectivity index (χ1v) is 5.52. The monoisotopic (exact) mass is 207 g/mol. The third kappa shape index (κ3) is 3.86. The molecule has 0 radical (unpaired) electrons. The molecule has 1 aromatic rings. The number of nitrogens with zero attached hydrogens (tertiary/aromatic N) is 3. The summed E-state index contributed by atoms with van der Waals surface area (Å²) >= 11 is 0. The number of hydrogen-bond acceptors (Lipinski definition) is 3. The van der Waals surface area contributed by atoms with Crippen LogP contribution in [-0.4, -0.2) is 23.6 Å². The van der Waals surface area contributed by atoms with Crippen LogP contribution in [-0.2, 0) is 0 Å². The third-order valence-corrected chi connectivity index (χ3v) is 2.35. The van der Waals surface area contributed by atoms with E-state index in [2.05, 4.69) is 35.8 Å². The third-order valence-electron chi connectivity index (χ3n) is 2.35. The van der Waals surface area contributed by atoms with Crippen molar-refractivity contribution in [1.82, 2.24) is 9.97 Å². The zero-order chi connectivity index (χ0) is 11.4. The highest BCUT2D eigenvalue weighted by atomic mass is 15.2. The van der Waals surface area contributed by atoms with Crippen LogP contribution in [0.15, 0.2) is 6.07 Å². The van der Waals surface area contributed by atoms with Gasteiger partial charge in [0.2, 0.25) is 5.95 Å². The van der Waals surface area contributed by atoms with Gasteiger partial charge >= 0.3 is 0 Å². The van der Waals surface area contributed by atoms with Gasteiger partial charge in [-0.25, -0.2) is 9.97 Å². The molecule has 15 heavy (non-hydrogen) atoms. The Labute approximate surface area is 92.6 Å². The molecule has 0 fully saturated rings. The van der Waals surface area contributed by atoms with E-state index >= 15 is 0 Å². The van der Waals surface area contributed by atoms with Gasteiger partial charge in [0.1, 0.15) is 0 Å². The fraction of sp³-hybridized carbons (Fsp3) is 0.667. The SMILES string of the molecule is Cc1cc(C)nc(N(C)CCC(C)C)n1. The van der Waals surface area contributed by atoms with Crippen molar-refractivity contribution >= 4 is 5.95 Å². The van der Waals surface area contributed by atoms with Crippen molar-refractivity contribution in [1.29, 1.82) is 0 Å². The molecule has 0 atom stereocenters. The van der Waals surface area contributed by atoms with Gasteiger partial charge in [-0.3, -0.25) is 0 Å². The van der Waals surface area contributed by atoms with Crippen molar-refractivity contribution in [2.45, 2.75) is 34.1 Å². The Morgan fingerprint density at radius 1 is 1.20 bits per heavy atom. The van der Waals surface area contributed by atoms with Gasteiger partial charge in [-0.2, -0.15) is 0 Å². The van der Waals surface area contributed by atoms with E-state index in [9.17, 15) is 0 Å². The fourth-order valence-electron chi connectivity index (χ4n) is 1.43. The number of anilines is 1. The first kappa shape index (κ1) is 12.0. The van der Waals surface area contributed by atoms with E-state index in [0.717, 1.165) is 29.8 Å². The molecule has 0 saturated heterocycles. The molecule has 0 aliphatic carbocycles. The van der Waals surface area contributed by atoms with Crippen molar-refractivity contribution < 1.29 is 0 Å². The second kappa shape index (κ2) is 5.10. The lowest BCUT2D eigenvalue weighted by atomic mass is 10.1. The van der Waals surface area contributed by atoms with Crippen LogP contribution >= 0.6 is 0 Å². The maximum absolute atomic E-state index is 4.43. The molecule has 0 saturated carbocycles. The lowest BCUT2D eigenvalue weighted by molar-refractivity contribution is 0.581. The lowest BCUT2D eigenvalue weighted by Crippen LogP contribution is -2.22. The van der Waals surface area contributed by atoms with Gasteiger partial charge in [0, 0.05) is 25.0 Å². The topological polar surface area (TPSA) is 29.0 Å². The van der Waals surface area contributed by atoms with Gasteiger partial charge < -0.3 is 4.90 Å². The molecule has 3 nitrogen and oxygen atoms in total. The minimum Gasteiger partial charge on any atom is -0.344 e. The maximum Gasteiger partial charge on any atom is 0.225 e. The highest BCUT2D eigenvalue weighted by Gasteiger charge is 2.06. The highest BCUT2D eigenvalue weighted by Crippen LogP contribution is 2.10. The zero-order valence-corrected chi connectivity index (χ0v) is 10.4. The second-order valence-electron chi connectivity index (χ2n) is 4.55. The molecule has 0 aliphatic rings. The molecule has 0 amide bonds. The Morgan fingerprint density at radius 3 is 2.20 bits per heavy atom. The Hall–Kier alpha value is -1.12. The van der Waals surface area contributed by atoms with E-state index < -0.39 is 0 Å².